The van der Waals surface area contributed by atoms with Crippen molar-refractivity contribution >= 4 is 43.4 Å². The first kappa shape index (κ1) is 15.1. The zero-order chi connectivity index (χ0) is 15.0. The Morgan fingerprint density at radius 3 is 2.90 bits per heavy atom. The van der Waals surface area contributed by atoms with Crippen molar-refractivity contribution in [3.05, 3.63) is 21.6 Å². The molecule has 2 aromatic rings. The van der Waals surface area contributed by atoms with Crippen LogP contribution < -0.4 is 5.32 Å². The van der Waals surface area contributed by atoms with Crippen molar-refractivity contribution < 1.29 is 4.79 Å². The fourth-order valence-electron chi connectivity index (χ4n) is 2.73. The highest BCUT2D eigenvalue weighted by atomic mass is 79.9. The number of hydrogen-bond donors (Lipinski definition) is 1. The van der Waals surface area contributed by atoms with Gasteiger partial charge in [0, 0.05) is 18.5 Å². The van der Waals surface area contributed by atoms with Crippen molar-refractivity contribution in [2.24, 2.45) is 11.8 Å². The third-order valence-electron chi connectivity index (χ3n) is 4.15. The number of carbonyl (C=O) groups excluding carboxylic acids is 1. The highest BCUT2D eigenvalue weighted by Crippen LogP contribution is 2.36. The summed E-state index contributed by atoms with van der Waals surface area (Å²) in [6.07, 6.45) is 3.90. The first-order chi connectivity index (χ1) is 10.1. The molecule has 0 saturated heterocycles. The van der Waals surface area contributed by atoms with Gasteiger partial charge in [-0.05, 0) is 46.7 Å². The van der Waals surface area contributed by atoms with E-state index in [0.29, 0.717) is 5.92 Å². The summed E-state index contributed by atoms with van der Waals surface area (Å²) in [5.74, 6) is 1.25. The summed E-state index contributed by atoms with van der Waals surface area (Å²) in [5.41, 5.74) is 1.99. The normalized spacial score (nSPS) is 15.6. The van der Waals surface area contributed by atoms with Crippen LogP contribution in [-0.4, -0.2) is 17.0 Å². The lowest BCUT2D eigenvalue weighted by Crippen LogP contribution is -2.30. The van der Waals surface area contributed by atoms with Gasteiger partial charge in [0.15, 0.2) is 0 Å². The third kappa shape index (κ3) is 3.04. The Morgan fingerprint density at radius 2 is 2.29 bits per heavy atom. The molecule has 1 fully saturated rings. The summed E-state index contributed by atoms with van der Waals surface area (Å²) >= 11 is 5.33. The molecule has 0 bridgehead atoms. The van der Waals surface area contributed by atoms with Crippen LogP contribution >= 0.6 is 27.3 Å². The van der Waals surface area contributed by atoms with Crippen molar-refractivity contribution in [3.63, 3.8) is 0 Å². The van der Waals surface area contributed by atoms with E-state index in [0.717, 1.165) is 29.2 Å². The Bertz CT molecular complexity index is 655. The Labute approximate surface area is 137 Å². The number of rotatable bonds is 5. The average Bonchev–Trinajstić information content (AvgIpc) is 2.92. The predicted octanol–water partition coefficient (Wildman–Crippen LogP) is 4.65. The zero-order valence-corrected chi connectivity index (χ0v) is 14.9. The topological polar surface area (TPSA) is 34.0 Å². The minimum atomic E-state index is 0.0540. The van der Waals surface area contributed by atoms with Gasteiger partial charge in [-0.3, -0.25) is 4.79 Å². The molecule has 1 N–H and O–H groups in total. The summed E-state index contributed by atoms with van der Waals surface area (Å²) in [6.45, 7) is 5.91. The van der Waals surface area contributed by atoms with E-state index in [1.54, 1.807) is 11.3 Å². The number of hydrogen-bond acceptors (Lipinski definition) is 2. The maximum absolute atomic E-state index is 12.5. The maximum Gasteiger partial charge on any atom is 0.267 e. The molecule has 1 aliphatic rings. The molecule has 1 saturated carbocycles. The molecule has 0 aromatic carbocycles. The molecule has 2 aromatic heterocycles. The molecular formula is C16H21BrN2OS. The fourth-order valence-corrected chi connectivity index (χ4v) is 4.42. The number of halogens is 1. The Morgan fingerprint density at radius 1 is 1.52 bits per heavy atom. The van der Waals surface area contributed by atoms with Crippen molar-refractivity contribution in [3.8, 4) is 0 Å². The lowest BCUT2D eigenvalue weighted by atomic mass is 9.85. The number of nitrogens with zero attached hydrogens (tertiary/aromatic N) is 1. The third-order valence-corrected chi connectivity index (χ3v) is 5.97. The maximum atomic E-state index is 12.5. The SMILES string of the molecule is CC(C)CNC(=O)c1cc2scc(Br)c2n1CC1CCC1. The highest BCUT2D eigenvalue weighted by Gasteiger charge is 2.24. The first-order valence-electron chi connectivity index (χ1n) is 7.60. The van der Waals surface area contributed by atoms with Crippen LogP contribution in [0.4, 0.5) is 0 Å². The average molecular weight is 369 g/mol. The molecule has 1 aliphatic carbocycles. The molecule has 0 atom stereocenters. The van der Waals surface area contributed by atoms with Gasteiger partial charge in [0.05, 0.1) is 14.7 Å². The van der Waals surface area contributed by atoms with Crippen molar-refractivity contribution in [2.45, 2.75) is 39.7 Å². The minimum Gasteiger partial charge on any atom is -0.351 e. The molecule has 3 rings (SSSR count). The van der Waals surface area contributed by atoms with Gasteiger partial charge in [-0.2, -0.15) is 0 Å². The van der Waals surface area contributed by atoms with Gasteiger partial charge in [0.2, 0.25) is 0 Å². The molecule has 0 radical (unpaired) electrons. The highest BCUT2D eigenvalue weighted by molar-refractivity contribution is 9.10. The van der Waals surface area contributed by atoms with Crippen LogP contribution in [0.3, 0.4) is 0 Å². The minimum absolute atomic E-state index is 0.0540. The molecule has 2 heterocycles. The number of aromatic nitrogens is 1. The van der Waals surface area contributed by atoms with Crippen LogP contribution in [0.25, 0.3) is 10.2 Å². The summed E-state index contributed by atoms with van der Waals surface area (Å²) in [4.78, 5) is 12.5. The molecule has 21 heavy (non-hydrogen) atoms. The summed E-state index contributed by atoms with van der Waals surface area (Å²) < 4.78 is 4.51. The van der Waals surface area contributed by atoms with E-state index >= 15 is 0 Å². The van der Waals surface area contributed by atoms with Crippen LogP contribution in [0.5, 0.6) is 0 Å². The molecule has 0 unspecified atom stereocenters. The summed E-state index contributed by atoms with van der Waals surface area (Å²) in [7, 11) is 0. The van der Waals surface area contributed by atoms with Crippen molar-refractivity contribution in [1.82, 2.24) is 9.88 Å². The van der Waals surface area contributed by atoms with Crippen molar-refractivity contribution in [1.29, 1.82) is 0 Å². The number of fused-ring (bicyclic) bond motifs is 1. The van der Waals surface area contributed by atoms with Gasteiger partial charge in [-0.15, -0.1) is 11.3 Å². The van der Waals surface area contributed by atoms with E-state index in [1.165, 1.54) is 29.5 Å². The van der Waals surface area contributed by atoms with Gasteiger partial charge in [-0.1, -0.05) is 20.3 Å². The van der Waals surface area contributed by atoms with Gasteiger partial charge in [0.1, 0.15) is 5.69 Å². The zero-order valence-electron chi connectivity index (χ0n) is 12.5. The molecule has 1 amide bonds. The van der Waals surface area contributed by atoms with Crippen LogP contribution in [-0.2, 0) is 6.54 Å². The lowest BCUT2D eigenvalue weighted by molar-refractivity contribution is 0.0937. The second-order valence-corrected chi connectivity index (χ2v) is 8.10. The number of thiophene rings is 1. The molecule has 0 aliphatic heterocycles. The van der Waals surface area contributed by atoms with Crippen LogP contribution in [0, 0.1) is 11.8 Å². The molecular weight excluding hydrogens is 348 g/mol. The Kier molecular flexibility index (Phi) is 4.41. The number of amides is 1. The lowest BCUT2D eigenvalue weighted by Gasteiger charge is -2.27. The standard InChI is InChI=1S/C16H21BrN2OS/c1-10(2)7-18-16(20)13-6-14-15(12(17)9-21-14)19(13)8-11-4-3-5-11/h6,9-11H,3-5,7-8H2,1-2H3,(H,18,20). The van der Waals surface area contributed by atoms with Crippen molar-refractivity contribution in [2.75, 3.05) is 6.54 Å². The summed E-state index contributed by atoms with van der Waals surface area (Å²) in [5, 5.41) is 5.16. The predicted molar refractivity (Wildman–Crippen MR) is 92.0 cm³/mol. The monoisotopic (exact) mass is 368 g/mol. The fraction of sp³-hybridized carbons (Fsp3) is 0.562. The Hall–Kier alpha value is -0.810. The number of carbonyl (C=O) groups is 1. The van der Waals surface area contributed by atoms with E-state index in [2.05, 4.69) is 45.0 Å². The van der Waals surface area contributed by atoms with E-state index in [4.69, 9.17) is 0 Å². The molecule has 0 spiro atoms. The molecule has 5 heteroatoms. The Balaban J connectivity index is 1.92. The second kappa shape index (κ2) is 6.13. The molecule has 114 valence electrons. The smallest absolute Gasteiger partial charge is 0.267 e. The first-order valence-corrected chi connectivity index (χ1v) is 9.28. The van der Waals surface area contributed by atoms with Crippen LogP contribution in [0.15, 0.2) is 15.9 Å². The van der Waals surface area contributed by atoms with E-state index in [9.17, 15) is 4.79 Å². The van der Waals surface area contributed by atoms with E-state index in [1.807, 2.05) is 6.07 Å². The summed E-state index contributed by atoms with van der Waals surface area (Å²) in [6, 6.07) is 2.04. The van der Waals surface area contributed by atoms with E-state index < -0.39 is 0 Å². The number of nitrogens with one attached hydrogen (secondary N) is 1. The van der Waals surface area contributed by atoms with Gasteiger partial charge in [0.25, 0.3) is 5.91 Å². The van der Waals surface area contributed by atoms with Gasteiger partial charge in [-0.25, -0.2) is 0 Å². The largest absolute Gasteiger partial charge is 0.351 e. The quantitative estimate of drug-likeness (QED) is 0.818. The molecule has 3 nitrogen and oxygen atoms in total. The van der Waals surface area contributed by atoms with Crippen LogP contribution in [0.1, 0.15) is 43.6 Å². The van der Waals surface area contributed by atoms with Crippen LogP contribution in [0.2, 0.25) is 0 Å². The second-order valence-electron chi connectivity index (χ2n) is 6.34. The van der Waals surface area contributed by atoms with Gasteiger partial charge < -0.3 is 9.88 Å². The van der Waals surface area contributed by atoms with Gasteiger partial charge >= 0.3 is 0 Å². The van der Waals surface area contributed by atoms with E-state index in [-0.39, 0.29) is 5.91 Å².